The number of H-pyrrole nitrogens is 1. The maximum atomic E-state index is 12.4. The van der Waals surface area contributed by atoms with Crippen LogP contribution in [0.4, 0.5) is 5.13 Å². The Labute approximate surface area is 163 Å². The number of carbonyl (C=O) groups is 2. The van der Waals surface area contributed by atoms with Gasteiger partial charge in [-0.25, -0.2) is 14.6 Å². The molecule has 0 spiro atoms. The molecule has 0 aliphatic carbocycles. The van der Waals surface area contributed by atoms with Gasteiger partial charge in [-0.3, -0.25) is 14.9 Å². The highest BCUT2D eigenvalue weighted by Gasteiger charge is 2.12. The van der Waals surface area contributed by atoms with E-state index in [0.29, 0.717) is 28.6 Å². The van der Waals surface area contributed by atoms with Crippen LogP contribution in [-0.4, -0.2) is 36.5 Å². The third kappa shape index (κ3) is 3.81. The quantitative estimate of drug-likeness (QED) is 0.462. The maximum Gasteiger partial charge on any atom is 0.265 e. The number of rotatable bonds is 6. The summed E-state index contributed by atoms with van der Waals surface area (Å²) in [6.07, 6.45) is 4.76. The zero-order chi connectivity index (χ0) is 19.5. The average Bonchev–Trinajstić information content (AvgIpc) is 3.43. The molecule has 4 aromatic rings. The third-order valence-electron chi connectivity index (χ3n) is 4.00. The van der Waals surface area contributed by atoms with Crippen LogP contribution in [0.2, 0.25) is 0 Å². The Hall–Kier alpha value is -3.79. The Morgan fingerprint density at radius 2 is 2.07 bits per heavy atom. The summed E-state index contributed by atoms with van der Waals surface area (Å²) in [4.78, 5) is 34.7. The second-order valence-corrected chi connectivity index (χ2v) is 6.81. The molecule has 4 N–H and O–H groups in total. The molecular weight excluding hydrogens is 378 g/mol. The Balaban J connectivity index is 1.42. The number of hydrogen-bond donors (Lipinski definition) is 3. The number of aromatic nitrogens is 5. The SMILES string of the molecule is NC(=O)c1cc(-c2csc(NC(=O)c3ccc(Cn4cncn4)cc3)n2)c[nH]1. The van der Waals surface area contributed by atoms with Gasteiger partial charge in [-0.1, -0.05) is 12.1 Å². The molecule has 0 saturated heterocycles. The van der Waals surface area contributed by atoms with Crippen molar-refractivity contribution in [3.05, 3.63) is 71.4 Å². The number of amides is 2. The fraction of sp³-hybridized carbons (Fsp3) is 0.0556. The van der Waals surface area contributed by atoms with Crippen molar-refractivity contribution in [1.82, 2.24) is 24.7 Å². The first-order chi connectivity index (χ1) is 13.6. The maximum absolute atomic E-state index is 12.4. The van der Waals surface area contributed by atoms with Crippen LogP contribution in [0.1, 0.15) is 26.4 Å². The first-order valence-corrected chi connectivity index (χ1v) is 9.13. The molecule has 0 unspecified atom stereocenters. The van der Waals surface area contributed by atoms with Crippen LogP contribution in [0.25, 0.3) is 11.3 Å². The number of aromatic amines is 1. The minimum atomic E-state index is -0.540. The number of nitrogens with zero attached hydrogens (tertiary/aromatic N) is 4. The van der Waals surface area contributed by atoms with E-state index >= 15 is 0 Å². The summed E-state index contributed by atoms with van der Waals surface area (Å²) in [5, 5.41) is 9.10. The van der Waals surface area contributed by atoms with E-state index in [4.69, 9.17) is 5.73 Å². The van der Waals surface area contributed by atoms with Crippen molar-refractivity contribution < 1.29 is 9.59 Å². The fourth-order valence-electron chi connectivity index (χ4n) is 2.58. The van der Waals surface area contributed by atoms with Crippen molar-refractivity contribution in [2.75, 3.05) is 5.32 Å². The molecule has 3 aromatic heterocycles. The van der Waals surface area contributed by atoms with Crippen molar-refractivity contribution in [3.8, 4) is 11.3 Å². The van der Waals surface area contributed by atoms with Gasteiger partial charge in [0.1, 0.15) is 18.3 Å². The second kappa shape index (κ2) is 7.45. The molecule has 9 nitrogen and oxygen atoms in total. The number of anilines is 1. The van der Waals surface area contributed by atoms with Gasteiger partial charge in [-0.15, -0.1) is 11.3 Å². The lowest BCUT2D eigenvalue weighted by molar-refractivity contribution is 0.0994. The number of primary amides is 1. The molecule has 10 heteroatoms. The average molecular weight is 393 g/mol. The highest BCUT2D eigenvalue weighted by Crippen LogP contribution is 2.25. The van der Waals surface area contributed by atoms with Crippen LogP contribution >= 0.6 is 11.3 Å². The van der Waals surface area contributed by atoms with Gasteiger partial charge in [0, 0.05) is 22.7 Å². The number of nitrogens with one attached hydrogen (secondary N) is 2. The molecule has 3 heterocycles. The van der Waals surface area contributed by atoms with Crippen LogP contribution in [0.5, 0.6) is 0 Å². The number of nitrogens with two attached hydrogens (primary N) is 1. The molecule has 1 aromatic carbocycles. The van der Waals surface area contributed by atoms with Crippen LogP contribution in [0.3, 0.4) is 0 Å². The van der Waals surface area contributed by atoms with E-state index in [1.165, 1.54) is 17.7 Å². The van der Waals surface area contributed by atoms with Gasteiger partial charge in [-0.05, 0) is 23.8 Å². The molecule has 4 rings (SSSR count). The van der Waals surface area contributed by atoms with Gasteiger partial charge in [0.15, 0.2) is 5.13 Å². The largest absolute Gasteiger partial charge is 0.364 e. The van der Waals surface area contributed by atoms with Gasteiger partial charge in [-0.2, -0.15) is 5.10 Å². The van der Waals surface area contributed by atoms with Crippen LogP contribution in [0.15, 0.2) is 54.6 Å². The van der Waals surface area contributed by atoms with E-state index in [1.807, 2.05) is 12.1 Å². The second-order valence-electron chi connectivity index (χ2n) is 5.95. The molecule has 0 bridgehead atoms. The number of hydrogen-bond acceptors (Lipinski definition) is 6. The molecule has 0 aliphatic rings. The number of carbonyl (C=O) groups excluding carboxylic acids is 2. The highest BCUT2D eigenvalue weighted by molar-refractivity contribution is 7.14. The molecule has 0 radical (unpaired) electrons. The zero-order valence-electron chi connectivity index (χ0n) is 14.5. The Bertz CT molecular complexity index is 1110. The first kappa shape index (κ1) is 17.6. The summed E-state index contributed by atoms with van der Waals surface area (Å²) in [6.45, 7) is 0.585. The minimum absolute atomic E-state index is 0.250. The number of thiazole rings is 1. The predicted molar refractivity (Wildman–Crippen MR) is 104 cm³/mol. The minimum Gasteiger partial charge on any atom is -0.364 e. The van der Waals surface area contributed by atoms with E-state index in [0.717, 1.165) is 11.1 Å². The van der Waals surface area contributed by atoms with Gasteiger partial charge < -0.3 is 10.7 Å². The lowest BCUT2D eigenvalue weighted by atomic mass is 10.1. The predicted octanol–water partition coefficient (Wildman–Crippen LogP) is 2.13. The van der Waals surface area contributed by atoms with Crippen molar-refractivity contribution in [3.63, 3.8) is 0 Å². The summed E-state index contributed by atoms with van der Waals surface area (Å²) >= 11 is 1.30. The van der Waals surface area contributed by atoms with E-state index in [1.54, 1.807) is 40.8 Å². The Kier molecular flexibility index (Phi) is 4.68. The lowest BCUT2D eigenvalue weighted by Gasteiger charge is -2.04. The van der Waals surface area contributed by atoms with Gasteiger partial charge in [0.25, 0.3) is 11.8 Å². The van der Waals surface area contributed by atoms with Crippen molar-refractivity contribution in [1.29, 1.82) is 0 Å². The summed E-state index contributed by atoms with van der Waals surface area (Å²) in [5.41, 5.74) is 8.45. The lowest BCUT2D eigenvalue weighted by Crippen LogP contribution is -2.11. The summed E-state index contributed by atoms with van der Waals surface area (Å²) in [6, 6.07) is 8.86. The number of benzene rings is 1. The third-order valence-corrected chi connectivity index (χ3v) is 4.75. The molecule has 0 atom stereocenters. The van der Waals surface area contributed by atoms with E-state index in [9.17, 15) is 9.59 Å². The van der Waals surface area contributed by atoms with Gasteiger partial charge in [0.05, 0.1) is 12.2 Å². The monoisotopic (exact) mass is 393 g/mol. The van der Waals surface area contributed by atoms with Crippen molar-refractivity contribution in [2.24, 2.45) is 5.73 Å². The molecule has 140 valence electrons. The van der Waals surface area contributed by atoms with Crippen molar-refractivity contribution in [2.45, 2.75) is 6.54 Å². The topological polar surface area (TPSA) is 132 Å². The molecule has 0 fully saturated rings. The van der Waals surface area contributed by atoms with E-state index in [2.05, 4.69) is 25.4 Å². The van der Waals surface area contributed by atoms with Crippen LogP contribution in [0, 0.1) is 0 Å². The summed E-state index contributed by atoms with van der Waals surface area (Å²) in [7, 11) is 0. The zero-order valence-corrected chi connectivity index (χ0v) is 15.3. The standard InChI is InChI=1S/C18H15N7O2S/c19-16(26)14-5-13(6-21-14)15-8-28-18(23-15)24-17(27)12-3-1-11(2-4-12)7-25-10-20-9-22-25/h1-6,8-10,21H,7H2,(H2,19,26)(H,23,24,27). The molecular formula is C18H15N7O2S. The van der Waals surface area contributed by atoms with Crippen LogP contribution in [-0.2, 0) is 6.54 Å². The van der Waals surface area contributed by atoms with Gasteiger partial charge >= 0.3 is 0 Å². The smallest absolute Gasteiger partial charge is 0.265 e. The molecule has 28 heavy (non-hydrogen) atoms. The highest BCUT2D eigenvalue weighted by atomic mass is 32.1. The summed E-state index contributed by atoms with van der Waals surface area (Å²) in [5.74, 6) is -0.789. The molecule has 0 aliphatic heterocycles. The van der Waals surface area contributed by atoms with E-state index in [-0.39, 0.29) is 5.91 Å². The Morgan fingerprint density at radius 1 is 1.25 bits per heavy atom. The van der Waals surface area contributed by atoms with Crippen LogP contribution < -0.4 is 11.1 Å². The van der Waals surface area contributed by atoms with E-state index < -0.39 is 5.91 Å². The summed E-state index contributed by atoms with van der Waals surface area (Å²) < 4.78 is 1.71. The normalized spacial score (nSPS) is 10.7. The Morgan fingerprint density at radius 3 is 2.75 bits per heavy atom. The first-order valence-electron chi connectivity index (χ1n) is 8.25. The molecule has 0 saturated carbocycles. The molecule has 2 amide bonds. The fourth-order valence-corrected chi connectivity index (χ4v) is 3.30. The van der Waals surface area contributed by atoms with Gasteiger partial charge in [0.2, 0.25) is 0 Å². The van der Waals surface area contributed by atoms with Crippen molar-refractivity contribution >= 4 is 28.3 Å².